The minimum atomic E-state index is -0.900. The first kappa shape index (κ1) is 13.2. The van der Waals surface area contributed by atoms with Crippen molar-refractivity contribution < 1.29 is 14.3 Å². The first-order valence-electron chi connectivity index (χ1n) is 6.05. The van der Waals surface area contributed by atoms with Gasteiger partial charge in [-0.3, -0.25) is 9.78 Å². The molecule has 1 aromatic heterocycles. The van der Waals surface area contributed by atoms with Gasteiger partial charge in [0.05, 0.1) is 5.92 Å². The van der Waals surface area contributed by atoms with Gasteiger partial charge in [0.2, 0.25) is 0 Å². The highest BCUT2D eigenvalue weighted by Crippen LogP contribution is 2.22. The molecule has 1 heterocycles. The second kappa shape index (κ2) is 6.09. The van der Waals surface area contributed by atoms with Gasteiger partial charge < -0.3 is 5.11 Å². The maximum absolute atomic E-state index is 12.8. The van der Waals surface area contributed by atoms with Crippen molar-refractivity contribution in [3.63, 3.8) is 0 Å². The van der Waals surface area contributed by atoms with Gasteiger partial charge in [-0.25, -0.2) is 4.39 Å². The minimum Gasteiger partial charge on any atom is -0.481 e. The van der Waals surface area contributed by atoms with E-state index in [1.165, 1.54) is 24.3 Å². The summed E-state index contributed by atoms with van der Waals surface area (Å²) in [5.74, 6) is -1.90. The molecule has 4 heteroatoms. The topological polar surface area (TPSA) is 50.2 Å². The van der Waals surface area contributed by atoms with Crippen LogP contribution >= 0.6 is 0 Å². The predicted molar refractivity (Wildman–Crippen MR) is 69.3 cm³/mol. The minimum absolute atomic E-state index is 0.363. The number of nitrogens with zero attached hydrogens (tertiary/aromatic N) is 1. The second-order valence-electron chi connectivity index (χ2n) is 4.30. The lowest BCUT2D eigenvalue weighted by atomic mass is 9.93. The Balaban J connectivity index is 2.09. The summed E-state index contributed by atoms with van der Waals surface area (Å²) in [4.78, 5) is 15.5. The monoisotopic (exact) mass is 259 g/mol. The third-order valence-corrected chi connectivity index (χ3v) is 2.99. The molecule has 1 atom stereocenters. The van der Waals surface area contributed by atoms with Gasteiger partial charge in [-0.2, -0.15) is 0 Å². The molecule has 19 heavy (non-hydrogen) atoms. The molecule has 0 saturated heterocycles. The lowest BCUT2D eigenvalue weighted by molar-refractivity contribution is -0.138. The van der Waals surface area contributed by atoms with Crippen LogP contribution in [0.15, 0.2) is 48.7 Å². The van der Waals surface area contributed by atoms with E-state index in [0.717, 1.165) is 5.69 Å². The van der Waals surface area contributed by atoms with Gasteiger partial charge in [-0.05, 0) is 42.7 Å². The van der Waals surface area contributed by atoms with Crippen LogP contribution in [0.1, 0.15) is 23.6 Å². The number of halogens is 1. The van der Waals surface area contributed by atoms with Crippen molar-refractivity contribution in [2.45, 2.75) is 18.8 Å². The molecule has 3 nitrogen and oxygen atoms in total. The highest BCUT2D eigenvalue weighted by molar-refractivity contribution is 5.76. The van der Waals surface area contributed by atoms with Gasteiger partial charge in [0.25, 0.3) is 0 Å². The molecule has 2 aromatic rings. The third-order valence-electron chi connectivity index (χ3n) is 2.99. The van der Waals surface area contributed by atoms with Crippen molar-refractivity contribution in [3.8, 4) is 0 Å². The fourth-order valence-corrected chi connectivity index (χ4v) is 1.97. The number of benzene rings is 1. The molecule has 0 bridgehead atoms. The van der Waals surface area contributed by atoms with Crippen LogP contribution < -0.4 is 0 Å². The highest BCUT2D eigenvalue weighted by atomic mass is 19.1. The quantitative estimate of drug-likeness (QED) is 0.897. The number of pyridine rings is 1. The lowest BCUT2D eigenvalue weighted by Gasteiger charge is -2.12. The molecule has 1 aromatic carbocycles. The van der Waals surface area contributed by atoms with Crippen molar-refractivity contribution in [3.05, 3.63) is 65.7 Å². The summed E-state index contributed by atoms with van der Waals surface area (Å²) in [6.45, 7) is 0. The summed E-state index contributed by atoms with van der Waals surface area (Å²) in [6, 6.07) is 11.2. The number of hydrogen-bond acceptors (Lipinski definition) is 2. The van der Waals surface area contributed by atoms with Gasteiger partial charge in [0.1, 0.15) is 5.82 Å². The Morgan fingerprint density at radius 2 is 1.95 bits per heavy atom. The number of aryl methyl sites for hydroxylation is 1. The Labute approximate surface area is 110 Å². The molecular weight excluding hydrogens is 245 g/mol. The molecule has 0 aliphatic carbocycles. The van der Waals surface area contributed by atoms with Gasteiger partial charge in [0.15, 0.2) is 0 Å². The maximum Gasteiger partial charge on any atom is 0.310 e. The molecule has 0 aliphatic rings. The number of hydrogen-bond donors (Lipinski definition) is 1. The summed E-state index contributed by atoms with van der Waals surface area (Å²) in [5, 5.41) is 9.26. The molecule has 0 fully saturated rings. The fraction of sp³-hybridized carbons (Fsp3) is 0.200. The molecule has 1 unspecified atom stereocenters. The van der Waals surface area contributed by atoms with E-state index >= 15 is 0 Å². The van der Waals surface area contributed by atoms with Crippen LogP contribution in [0.5, 0.6) is 0 Å². The van der Waals surface area contributed by atoms with Crippen molar-refractivity contribution in [2.75, 3.05) is 0 Å². The molecule has 98 valence electrons. The number of rotatable bonds is 5. The van der Waals surface area contributed by atoms with Gasteiger partial charge in [-0.1, -0.05) is 18.2 Å². The van der Waals surface area contributed by atoms with Gasteiger partial charge in [-0.15, -0.1) is 0 Å². The van der Waals surface area contributed by atoms with Crippen molar-refractivity contribution >= 4 is 5.97 Å². The van der Waals surface area contributed by atoms with E-state index in [1.54, 1.807) is 6.20 Å². The fourth-order valence-electron chi connectivity index (χ4n) is 1.97. The van der Waals surface area contributed by atoms with E-state index < -0.39 is 11.9 Å². The number of carbonyl (C=O) groups is 1. The number of aromatic nitrogens is 1. The van der Waals surface area contributed by atoms with Crippen molar-refractivity contribution in [2.24, 2.45) is 0 Å². The molecule has 0 spiro atoms. The molecule has 1 N–H and O–H groups in total. The number of carboxylic acid groups (broad SMARTS) is 1. The van der Waals surface area contributed by atoms with Crippen LogP contribution in [0.25, 0.3) is 0 Å². The summed E-state index contributed by atoms with van der Waals surface area (Å²) in [5.41, 5.74) is 1.47. The first-order chi connectivity index (χ1) is 9.16. The van der Waals surface area contributed by atoms with Crippen LogP contribution in [0.3, 0.4) is 0 Å². The Kier molecular flexibility index (Phi) is 4.23. The molecular formula is C15H14FNO2. The summed E-state index contributed by atoms with van der Waals surface area (Å²) >= 11 is 0. The van der Waals surface area contributed by atoms with E-state index in [1.807, 2.05) is 18.2 Å². The van der Waals surface area contributed by atoms with Crippen molar-refractivity contribution in [1.29, 1.82) is 0 Å². The van der Waals surface area contributed by atoms with E-state index in [0.29, 0.717) is 18.4 Å². The first-order valence-corrected chi connectivity index (χ1v) is 6.05. The summed E-state index contributed by atoms with van der Waals surface area (Å²) < 4.78 is 12.8. The predicted octanol–water partition coefficient (Wildman–Crippen LogP) is 3.02. The van der Waals surface area contributed by atoms with Crippen LogP contribution in [0.4, 0.5) is 4.39 Å². The van der Waals surface area contributed by atoms with Crippen molar-refractivity contribution in [1.82, 2.24) is 4.98 Å². The third kappa shape index (κ3) is 3.61. The van der Waals surface area contributed by atoms with Crippen LogP contribution in [0.2, 0.25) is 0 Å². The number of carboxylic acids is 1. The number of aliphatic carboxylic acids is 1. The second-order valence-corrected chi connectivity index (χ2v) is 4.30. The Morgan fingerprint density at radius 1 is 1.21 bits per heavy atom. The zero-order chi connectivity index (χ0) is 13.7. The molecule has 2 rings (SSSR count). The average molecular weight is 259 g/mol. The molecule has 0 radical (unpaired) electrons. The van der Waals surface area contributed by atoms with E-state index in [2.05, 4.69) is 4.98 Å². The zero-order valence-corrected chi connectivity index (χ0v) is 10.3. The summed E-state index contributed by atoms with van der Waals surface area (Å²) in [7, 11) is 0. The van der Waals surface area contributed by atoms with E-state index in [4.69, 9.17) is 0 Å². The Bertz CT molecular complexity index is 540. The molecule has 0 amide bonds. The maximum atomic E-state index is 12.8. The lowest BCUT2D eigenvalue weighted by Crippen LogP contribution is -2.13. The summed E-state index contributed by atoms with van der Waals surface area (Å²) in [6.07, 6.45) is 2.70. The van der Waals surface area contributed by atoms with Gasteiger partial charge >= 0.3 is 5.97 Å². The van der Waals surface area contributed by atoms with E-state index in [9.17, 15) is 14.3 Å². The average Bonchev–Trinajstić information content (AvgIpc) is 2.42. The van der Waals surface area contributed by atoms with E-state index in [-0.39, 0.29) is 5.82 Å². The Hall–Kier alpha value is -2.23. The Morgan fingerprint density at radius 3 is 2.53 bits per heavy atom. The molecule has 0 aliphatic heterocycles. The SMILES string of the molecule is O=C(O)C(CCc1ccccn1)c1ccc(F)cc1. The van der Waals surface area contributed by atoms with Crippen LogP contribution in [-0.4, -0.2) is 16.1 Å². The standard InChI is InChI=1S/C15H14FNO2/c16-12-6-4-11(5-7-12)14(15(18)19)9-8-13-3-1-2-10-17-13/h1-7,10,14H,8-9H2,(H,18,19). The highest BCUT2D eigenvalue weighted by Gasteiger charge is 2.19. The zero-order valence-electron chi connectivity index (χ0n) is 10.3. The normalized spacial score (nSPS) is 12.1. The van der Waals surface area contributed by atoms with Gasteiger partial charge in [0, 0.05) is 11.9 Å². The van der Waals surface area contributed by atoms with Crippen LogP contribution in [0, 0.1) is 5.82 Å². The largest absolute Gasteiger partial charge is 0.481 e. The smallest absolute Gasteiger partial charge is 0.310 e. The molecule has 0 saturated carbocycles. The van der Waals surface area contributed by atoms with Crippen LogP contribution in [-0.2, 0) is 11.2 Å².